The van der Waals surface area contributed by atoms with Gasteiger partial charge >= 0.3 is 0 Å². The molecule has 1 aliphatic rings. The highest BCUT2D eigenvalue weighted by molar-refractivity contribution is 7.89. The number of rotatable bonds is 2. The van der Waals surface area contributed by atoms with Crippen molar-refractivity contribution < 1.29 is 13.2 Å². The summed E-state index contributed by atoms with van der Waals surface area (Å²) >= 11 is 7.37. The highest BCUT2D eigenvalue weighted by Crippen LogP contribution is 2.29. The van der Waals surface area contributed by atoms with Gasteiger partial charge in [-0.1, -0.05) is 11.6 Å². The molecular formula is C11H14ClN3O3S2. The number of imidazole rings is 1. The van der Waals surface area contributed by atoms with Crippen LogP contribution in [0.3, 0.4) is 0 Å². The monoisotopic (exact) mass is 335 g/mol. The van der Waals surface area contributed by atoms with Gasteiger partial charge in [0.1, 0.15) is 0 Å². The molecule has 0 amide bonds. The Morgan fingerprint density at radius 1 is 1.40 bits per heavy atom. The molecule has 0 N–H and O–H groups in total. The number of morpholine rings is 1. The van der Waals surface area contributed by atoms with Gasteiger partial charge in [-0.25, -0.2) is 13.4 Å². The van der Waals surface area contributed by atoms with E-state index in [1.807, 2.05) is 13.8 Å². The van der Waals surface area contributed by atoms with Gasteiger partial charge in [-0.3, -0.25) is 4.40 Å². The predicted molar refractivity (Wildman–Crippen MR) is 76.8 cm³/mol. The first kappa shape index (κ1) is 14.3. The fourth-order valence-electron chi connectivity index (χ4n) is 2.42. The fraction of sp³-hybridized carbons (Fsp3) is 0.545. The van der Waals surface area contributed by atoms with Crippen molar-refractivity contribution in [2.45, 2.75) is 31.1 Å². The number of fused-ring (bicyclic) bond motifs is 1. The minimum atomic E-state index is -3.68. The van der Waals surface area contributed by atoms with E-state index in [2.05, 4.69) is 4.98 Å². The third-order valence-corrected chi connectivity index (χ3v) is 6.14. The van der Waals surface area contributed by atoms with Gasteiger partial charge < -0.3 is 4.74 Å². The van der Waals surface area contributed by atoms with Crippen molar-refractivity contribution in [3.8, 4) is 0 Å². The van der Waals surface area contributed by atoms with Crippen molar-refractivity contribution in [1.29, 1.82) is 0 Å². The van der Waals surface area contributed by atoms with E-state index in [-0.39, 0.29) is 22.4 Å². The van der Waals surface area contributed by atoms with Gasteiger partial charge in [0.05, 0.1) is 12.2 Å². The molecule has 0 aromatic carbocycles. The summed E-state index contributed by atoms with van der Waals surface area (Å²) in [5.74, 6) is 0. The molecular weight excluding hydrogens is 322 g/mol. The van der Waals surface area contributed by atoms with Crippen LogP contribution in [0.4, 0.5) is 0 Å². The number of nitrogens with zero attached hydrogens (tertiary/aromatic N) is 3. The maximum Gasteiger partial charge on any atom is 0.262 e. The average molecular weight is 336 g/mol. The summed E-state index contributed by atoms with van der Waals surface area (Å²) in [7, 11) is -3.68. The molecule has 2 atom stereocenters. The zero-order valence-corrected chi connectivity index (χ0v) is 13.4. The molecule has 9 heteroatoms. The number of thiazole rings is 1. The molecule has 0 saturated carbocycles. The number of halogens is 1. The molecule has 20 heavy (non-hydrogen) atoms. The van der Waals surface area contributed by atoms with Crippen LogP contribution in [0.5, 0.6) is 0 Å². The van der Waals surface area contributed by atoms with Crippen molar-refractivity contribution >= 4 is 37.9 Å². The van der Waals surface area contributed by atoms with Gasteiger partial charge in [-0.2, -0.15) is 4.31 Å². The van der Waals surface area contributed by atoms with Crippen molar-refractivity contribution in [3.63, 3.8) is 0 Å². The number of sulfonamides is 1. The van der Waals surface area contributed by atoms with Gasteiger partial charge in [-0.15, -0.1) is 11.3 Å². The van der Waals surface area contributed by atoms with Crippen LogP contribution in [0.1, 0.15) is 13.8 Å². The molecule has 6 nitrogen and oxygen atoms in total. The van der Waals surface area contributed by atoms with Crippen molar-refractivity contribution in [2.75, 3.05) is 13.1 Å². The highest BCUT2D eigenvalue weighted by atomic mass is 35.5. The van der Waals surface area contributed by atoms with Crippen LogP contribution in [0.25, 0.3) is 4.96 Å². The lowest BCUT2D eigenvalue weighted by atomic mass is 10.3. The molecule has 110 valence electrons. The van der Waals surface area contributed by atoms with E-state index in [1.54, 1.807) is 11.6 Å². The standard InChI is InChI=1S/C11H14ClN3O3S2/c1-7-5-14(6-8(2)18-7)20(16,17)10-9(12)13-11-15(10)3-4-19-11/h3-4,7-8H,5-6H2,1-2H3. The molecule has 1 saturated heterocycles. The van der Waals surface area contributed by atoms with Crippen molar-refractivity contribution in [3.05, 3.63) is 16.7 Å². The summed E-state index contributed by atoms with van der Waals surface area (Å²) in [4.78, 5) is 4.65. The van der Waals surface area contributed by atoms with E-state index in [9.17, 15) is 8.42 Å². The van der Waals surface area contributed by atoms with Crippen LogP contribution < -0.4 is 0 Å². The van der Waals surface area contributed by atoms with Gasteiger partial charge in [0.2, 0.25) is 0 Å². The Kier molecular flexibility index (Phi) is 3.54. The third kappa shape index (κ3) is 2.25. The number of hydrogen-bond acceptors (Lipinski definition) is 5. The van der Waals surface area contributed by atoms with E-state index in [0.717, 1.165) is 0 Å². The second-order valence-electron chi connectivity index (χ2n) is 4.84. The lowest BCUT2D eigenvalue weighted by Gasteiger charge is -2.34. The minimum Gasteiger partial charge on any atom is -0.373 e. The molecule has 0 aliphatic carbocycles. The Morgan fingerprint density at radius 3 is 2.70 bits per heavy atom. The molecule has 0 spiro atoms. The summed E-state index contributed by atoms with van der Waals surface area (Å²) in [5.41, 5.74) is 0. The van der Waals surface area contributed by atoms with Crippen LogP contribution in [-0.2, 0) is 14.8 Å². The molecule has 1 fully saturated rings. The largest absolute Gasteiger partial charge is 0.373 e. The lowest BCUT2D eigenvalue weighted by Crippen LogP contribution is -2.48. The minimum absolute atomic E-state index is 0.0173. The maximum atomic E-state index is 12.8. The third-order valence-electron chi connectivity index (χ3n) is 3.15. The number of aromatic nitrogens is 2. The van der Waals surface area contributed by atoms with Gasteiger partial charge in [0.15, 0.2) is 15.1 Å². The SMILES string of the molecule is CC1CN(S(=O)(=O)c2c(Cl)nc3sccn23)CC(C)O1. The first-order valence-electron chi connectivity index (χ1n) is 6.16. The summed E-state index contributed by atoms with van der Waals surface area (Å²) in [6.45, 7) is 4.35. The second kappa shape index (κ2) is 4.96. The van der Waals surface area contributed by atoms with Crippen LogP contribution in [0.2, 0.25) is 5.15 Å². The van der Waals surface area contributed by atoms with Crippen molar-refractivity contribution in [1.82, 2.24) is 13.7 Å². The van der Waals surface area contributed by atoms with Crippen LogP contribution in [0, 0.1) is 0 Å². The first-order valence-corrected chi connectivity index (χ1v) is 8.86. The van der Waals surface area contributed by atoms with Gasteiger partial charge in [0, 0.05) is 24.7 Å². The number of hydrogen-bond donors (Lipinski definition) is 0. The smallest absolute Gasteiger partial charge is 0.262 e. The summed E-state index contributed by atoms with van der Waals surface area (Å²) in [6.07, 6.45) is 1.38. The molecule has 0 radical (unpaired) electrons. The molecule has 3 heterocycles. The molecule has 3 rings (SSSR count). The quantitative estimate of drug-likeness (QED) is 0.840. The fourth-order valence-corrected chi connectivity index (χ4v) is 5.42. The first-order chi connectivity index (χ1) is 9.39. The van der Waals surface area contributed by atoms with E-state index in [1.165, 1.54) is 20.0 Å². The molecule has 2 aromatic heterocycles. The maximum absolute atomic E-state index is 12.8. The van der Waals surface area contributed by atoms with Crippen molar-refractivity contribution in [2.24, 2.45) is 0 Å². The Bertz CT molecular complexity index is 729. The Balaban J connectivity index is 2.07. The van der Waals surface area contributed by atoms with Crippen LogP contribution >= 0.6 is 22.9 Å². The molecule has 0 bridgehead atoms. The zero-order valence-electron chi connectivity index (χ0n) is 11.0. The van der Waals surface area contributed by atoms with Gasteiger partial charge in [0.25, 0.3) is 10.0 Å². The van der Waals surface area contributed by atoms with E-state index in [0.29, 0.717) is 18.1 Å². The summed E-state index contributed by atoms with van der Waals surface area (Å²) in [5, 5.41) is 1.84. The number of ether oxygens (including phenoxy) is 1. The second-order valence-corrected chi connectivity index (χ2v) is 7.93. The summed E-state index contributed by atoms with van der Waals surface area (Å²) in [6, 6.07) is 0. The van der Waals surface area contributed by atoms with E-state index in [4.69, 9.17) is 16.3 Å². The Hall–Kier alpha value is -0.670. The highest BCUT2D eigenvalue weighted by Gasteiger charge is 2.36. The topological polar surface area (TPSA) is 63.9 Å². The molecule has 2 unspecified atom stereocenters. The van der Waals surface area contributed by atoms with Gasteiger partial charge in [-0.05, 0) is 13.8 Å². The lowest BCUT2D eigenvalue weighted by molar-refractivity contribution is -0.0441. The summed E-state index contributed by atoms with van der Waals surface area (Å²) < 4.78 is 34.1. The normalized spacial score (nSPS) is 25.4. The Labute approximate surface area is 126 Å². The molecule has 2 aromatic rings. The molecule has 1 aliphatic heterocycles. The van der Waals surface area contributed by atoms with E-state index >= 15 is 0 Å². The predicted octanol–water partition coefficient (Wildman–Crippen LogP) is 1.85. The van der Waals surface area contributed by atoms with E-state index < -0.39 is 10.0 Å². The van der Waals surface area contributed by atoms with Crippen LogP contribution in [0.15, 0.2) is 16.6 Å². The van der Waals surface area contributed by atoms with Crippen LogP contribution in [-0.4, -0.2) is 47.4 Å². The Morgan fingerprint density at radius 2 is 2.05 bits per heavy atom. The average Bonchev–Trinajstić information content (AvgIpc) is 2.86. The zero-order chi connectivity index (χ0) is 14.5.